The molecule has 0 aliphatic carbocycles. The SMILES string of the molecule is [B]C1([B])CN(CCn2cnc3nc(NCc4ccc(Cl)c(Cl)c4)[nH]c(=O)c32)CCO1. The van der Waals surface area contributed by atoms with Gasteiger partial charge in [0.1, 0.15) is 15.7 Å². The molecule has 1 aromatic carbocycles. The summed E-state index contributed by atoms with van der Waals surface area (Å²) < 4.78 is 7.08. The summed E-state index contributed by atoms with van der Waals surface area (Å²) in [6, 6.07) is 5.32. The first-order valence-electron chi connectivity index (χ1n) is 9.38. The van der Waals surface area contributed by atoms with Crippen LogP contribution in [0.25, 0.3) is 11.2 Å². The number of H-pyrrole nitrogens is 1. The molecule has 0 bridgehead atoms. The number of aromatic amines is 1. The van der Waals surface area contributed by atoms with Crippen molar-refractivity contribution in [3.8, 4) is 0 Å². The quantitative estimate of drug-likeness (QED) is 0.560. The monoisotopic (exact) mass is 442 g/mol. The first-order valence-corrected chi connectivity index (χ1v) is 10.1. The molecule has 4 rings (SSSR count). The van der Waals surface area contributed by atoms with E-state index in [-0.39, 0.29) is 5.56 Å². The first-order chi connectivity index (χ1) is 14.3. The number of hydrogen-bond acceptors (Lipinski definition) is 6. The van der Waals surface area contributed by atoms with Crippen LogP contribution in [-0.2, 0) is 17.8 Å². The molecule has 3 aromatic rings. The molecule has 1 fully saturated rings. The van der Waals surface area contributed by atoms with Crippen LogP contribution in [0.1, 0.15) is 5.56 Å². The number of nitrogens with one attached hydrogen (secondary N) is 2. The fourth-order valence-electron chi connectivity index (χ4n) is 3.35. The van der Waals surface area contributed by atoms with Gasteiger partial charge in [-0.1, -0.05) is 29.3 Å². The average Bonchev–Trinajstić information content (AvgIpc) is 3.10. The topological polar surface area (TPSA) is 88.1 Å². The highest BCUT2D eigenvalue weighted by Gasteiger charge is 2.26. The van der Waals surface area contributed by atoms with Crippen LogP contribution in [0.4, 0.5) is 5.95 Å². The normalized spacial score (nSPS) is 16.7. The van der Waals surface area contributed by atoms with Gasteiger partial charge in [0.25, 0.3) is 5.56 Å². The van der Waals surface area contributed by atoms with Gasteiger partial charge in [0.05, 0.1) is 23.0 Å². The van der Waals surface area contributed by atoms with Crippen LogP contribution in [-0.4, -0.2) is 71.8 Å². The molecule has 1 saturated heterocycles. The summed E-state index contributed by atoms with van der Waals surface area (Å²) in [5.74, 6) is 0.327. The van der Waals surface area contributed by atoms with E-state index in [0.29, 0.717) is 59.9 Å². The summed E-state index contributed by atoms with van der Waals surface area (Å²) in [7, 11) is 11.7. The van der Waals surface area contributed by atoms with Gasteiger partial charge < -0.3 is 14.6 Å². The number of fused-ring (bicyclic) bond motifs is 1. The van der Waals surface area contributed by atoms with Crippen LogP contribution >= 0.6 is 23.2 Å². The van der Waals surface area contributed by atoms with Gasteiger partial charge in [0.15, 0.2) is 11.2 Å². The lowest BCUT2D eigenvalue weighted by Gasteiger charge is -2.39. The molecule has 0 amide bonds. The maximum atomic E-state index is 12.6. The van der Waals surface area contributed by atoms with Crippen molar-refractivity contribution < 1.29 is 4.74 Å². The molecular formula is C18H18B2Cl2N6O2. The standard InChI is InChI=1S/C18H18B2Cl2N6O2/c19-18(20)9-27(5-6-30-18)3-4-28-10-24-15-14(28)16(29)26-17(25-15)23-8-11-1-2-12(21)13(22)7-11/h1-2,7,10H,3-6,8-9H2,(H2,23,25,26,29). The third-order valence-electron chi connectivity index (χ3n) is 4.83. The molecule has 0 spiro atoms. The van der Waals surface area contributed by atoms with Crippen LogP contribution < -0.4 is 10.9 Å². The Balaban J connectivity index is 1.45. The Morgan fingerprint density at radius 1 is 1.27 bits per heavy atom. The van der Waals surface area contributed by atoms with Gasteiger partial charge in [-0.15, -0.1) is 0 Å². The average molecular weight is 443 g/mol. The second kappa shape index (κ2) is 8.63. The third-order valence-corrected chi connectivity index (χ3v) is 5.57. The Morgan fingerprint density at radius 3 is 2.87 bits per heavy atom. The minimum Gasteiger partial charge on any atom is -0.392 e. The summed E-state index contributed by atoms with van der Waals surface area (Å²) in [5.41, 5.74) is 1.40. The van der Waals surface area contributed by atoms with E-state index in [2.05, 4.69) is 25.2 Å². The maximum Gasteiger partial charge on any atom is 0.278 e. The van der Waals surface area contributed by atoms with Gasteiger partial charge in [-0.2, -0.15) is 4.98 Å². The molecule has 3 heterocycles. The Kier molecular flexibility index (Phi) is 6.11. The molecule has 0 saturated carbocycles. The number of aromatic nitrogens is 4. The highest BCUT2D eigenvalue weighted by molar-refractivity contribution is 6.42. The number of hydrogen-bond donors (Lipinski definition) is 2. The van der Waals surface area contributed by atoms with E-state index in [0.717, 1.165) is 12.1 Å². The molecule has 4 radical (unpaired) electrons. The zero-order valence-corrected chi connectivity index (χ0v) is 17.6. The summed E-state index contributed by atoms with van der Waals surface area (Å²) in [4.78, 5) is 26.1. The number of morpholine rings is 1. The predicted molar refractivity (Wildman–Crippen MR) is 119 cm³/mol. The summed E-state index contributed by atoms with van der Waals surface area (Å²) >= 11 is 12.0. The molecule has 0 atom stereocenters. The number of ether oxygens (including phenoxy) is 1. The molecule has 8 nitrogen and oxygen atoms in total. The molecule has 1 aliphatic rings. The van der Waals surface area contributed by atoms with E-state index in [1.165, 1.54) is 0 Å². The van der Waals surface area contributed by atoms with Gasteiger partial charge in [-0.05, 0) is 17.7 Å². The van der Waals surface area contributed by atoms with E-state index < -0.39 is 5.40 Å². The second-order valence-corrected chi connectivity index (χ2v) is 8.02. The maximum absolute atomic E-state index is 12.6. The third kappa shape index (κ3) is 4.83. The molecule has 2 aromatic heterocycles. The van der Waals surface area contributed by atoms with Crippen LogP contribution in [0.2, 0.25) is 10.0 Å². The first kappa shape index (κ1) is 21.2. The number of nitrogens with zero attached hydrogens (tertiary/aromatic N) is 4. The molecule has 1 aliphatic heterocycles. The van der Waals surface area contributed by atoms with Crippen LogP contribution in [0.5, 0.6) is 0 Å². The van der Waals surface area contributed by atoms with Gasteiger partial charge in [0.2, 0.25) is 5.95 Å². The Labute approximate surface area is 185 Å². The minimum atomic E-state index is -1.15. The summed E-state index contributed by atoms with van der Waals surface area (Å²) in [5, 5.41) is 2.88. The number of rotatable bonds is 6. The van der Waals surface area contributed by atoms with E-state index >= 15 is 0 Å². The molecular weight excluding hydrogens is 425 g/mol. The lowest BCUT2D eigenvalue weighted by atomic mass is 9.64. The van der Waals surface area contributed by atoms with Gasteiger partial charge in [-0.25, -0.2) is 4.98 Å². The zero-order chi connectivity index (χ0) is 21.3. The number of anilines is 1. The smallest absolute Gasteiger partial charge is 0.278 e. The van der Waals surface area contributed by atoms with E-state index in [1.54, 1.807) is 23.0 Å². The lowest BCUT2D eigenvalue weighted by Crippen LogP contribution is -2.53. The van der Waals surface area contributed by atoms with E-state index in [9.17, 15) is 4.79 Å². The Morgan fingerprint density at radius 2 is 2.10 bits per heavy atom. The molecule has 12 heteroatoms. The molecule has 0 unspecified atom stereocenters. The molecule has 152 valence electrons. The predicted octanol–water partition coefficient (Wildman–Crippen LogP) is 1.36. The lowest BCUT2D eigenvalue weighted by molar-refractivity contribution is -0.0115. The zero-order valence-electron chi connectivity index (χ0n) is 16.1. The van der Waals surface area contributed by atoms with Crippen molar-refractivity contribution in [2.45, 2.75) is 18.5 Å². The van der Waals surface area contributed by atoms with Crippen molar-refractivity contribution >= 4 is 56.0 Å². The van der Waals surface area contributed by atoms with Crippen LogP contribution in [0, 0.1) is 0 Å². The summed E-state index contributed by atoms with van der Waals surface area (Å²) in [6.07, 6.45) is 1.61. The van der Waals surface area contributed by atoms with Gasteiger partial charge in [0, 0.05) is 38.1 Å². The fraction of sp³-hybridized carbons (Fsp3) is 0.389. The van der Waals surface area contributed by atoms with Crippen molar-refractivity contribution in [2.75, 3.05) is 31.6 Å². The van der Waals surface area contributed by atoms with Crippen molar-refractivity contribution in [3.05, 3.63) is 50.5 Å². The van der Waals surface area contributed by atoms with E-state index in [1.807, 2.05) is 6.07 Å². The highest BCUT2D eigenvalue weighted by Crippen LogP contribution is 2.23. The van der Waals surface area contributed by atoms with Crippen molar-refractivity contribution in [1.82, 2.24) is 24.4 Å². The van der Waals surface area contributed by atoms with Gasteiger partial charge in [-0.3, -0.25) is 14.7 Å². The number of halogens is 2. The van der Waals surface area contributed by atoms with E-state index in [4.69, 9.17) is 43.6 Å². The van der Waals surface area contributed by atoms with Gasteiger partial charge >= 0.3 is 0 Å². The Bertz CT molecular complexity index is 1120. The molecule has 2 N–H and O–H groups in total. The Hall–Kier alpha value is -2.00. The largest absolute Gasteiger partial charge is 0.392 e. The second-order valence-electron chi connectivity index (χ2n) is 7.21. The highest BCUT2D eigenvalue weighted by atomic mass is 35.5. The van der Waals surface area contributed by atoms with Crippen molar-refractivity contribution in [3.63, 3.8) is 0 Å². The summed E-state index contributed by atoms with van der Waals surface area (Å²) in [6.45, 7) is 3.23. The fourth-order valence-corrected chi connectivity index (χ4v) is 3.67. The van der Waals surface area contributed by atoms with Crippen molar-refractivity contribution in [1.29, 1.82) is 0 Å². The van der Waals surface area contributed by atoms with Crippen molar-refractivity contribution in [2.24, 2.45) is 0 Å². The number of benzene rings is 1. The van der Waals surface area contributed by atoms with Crippen LogP contribution in [0.15, 0.2) is 29.3 Å². The molecule has 30 heavy (non-hydrogen) atoms. The minimum absolute atomic E-state index is 0.275. The van der Waals surface area contributed by atoms with Crippen LogP contribution in [0.3, 0.4) is 0 Å². The number of imidazole rings is 1.